The maximum atomic E-state index is 13.9. The van der Waals surface area contributed by atoms with Crippen LogP contribution < -0.4 is 5.32 Å². The van der Waals surface area contributed by atoms with Crippen LogP contribution in [0.5, 0.6) is 0 Å². The van der Waals surface area contributed by atoms with Crippen LogP contribution >= 0.6 is 0 Å². The van der Waals surface area contributed by atoms with E-state index in [1.807, 2.05) is 13.8 Å². The second-order valence-electron chi connectivity index (χ2n) is 5.99. The number of nitrogens with one attached hydrogen (secondary N) is 2. The number of rotatable bonds is 4. The lowest BCUT2D eigenvalue weighted by molar-refractivity contribution is -0.122. The highest BCUT2D eigenvalue weighted by Crippen LogP contribution is 2.29. The Bertz CT molecular complexity index is 687. The van der Waals surface area contributed by atoms with Gasteiger partial charge in [0.2, 0.25) is 5.91 Å². The highest BCUT2D eigenvalue weighted by molar-refractivity contribution is 5.93. The van der Waals surface area contributed by atoms with Crippen LogP contribution in [0.25, 0.3) is 11.4 Å². The number of aromatic nitrogens is 3. The third kappa shape index (κ3) is 3.24. The van der Waals surface area contributed by atoms with E-state index in [4.69, 9.17) is 4.74 Å². The van der Waals surface area contributed by atoms with Gasteiger partial charge in [0.25, 0.3) is 0 Å². The van der Waals surface area contributed by atoms with Gasteiger partial charge >= 0.3 is 0 Å². The second kappa shape index (κ2) is 6.45. The lowest BCUT2D eigenvalue weighted by Crippen LogP contribution is -2.32. The molecule has 1 saturated heterocycles. The Labute approximate surface area is 133 Å². The number of amides is 1. The molecule has 2 N–H and O–H groups in total. The SMILES string of the molecule is CC(C)[C@@H]1OCC[C@H]1C(=O)Nc1ccc(F)c(-c2ncn[nH]2)c1. The molecule has 2 atom stereocenters. The van der Waals surface area contributed by atoms with Crippen molar-refractivity contribution in [3.63, 3.8) is 0 Å². The highest BCUT2D eigenvalue weighted by atomic mass is 19.1. The molecule has 0 radical (unpaired) electrons. The Morgan fingerprint density at radius 2 is 2.30 bits per heavy atom. The average Bonchev–Trinajstić information content (AvgIpc) is 3.20. The molecule has 0 spiro atoms. The van der Waals surface area contributed by atoms with Crippen molar-refractivity contribution in [2.75, 3.05) is 11.9 Å². The fraction of sp³-hybridized carbons (Fsp3) is 0.438. The number of hydrogen-bond donors (Lipinski definition) is 2. The number of H-pyrrole nitrogens is 1. The fourth-order valence-electron chi connectivity index (χ4n) is 2.90. The van der Waals surface area contributed by atoms with E-state index in [1.54, 1.807) is 6.07 Å². The molecule has 2 heterocycles. The van der Waals surface area contributed by atoms with E-state index in [2.05, 4.69) is 20.5 Å². The van der Waals surface area contributed by atoms with Gasteiger partial charge in [-0.05, 0) is 30.5 Å². The summed E-state index contributed by atoms with van der Waals surface area (Å²) in [6.45, 7) is 4.67. The topological polar surface area (TPSA) is 79.9 Å². The van der Waals surface area contributed by atoms with Gasteiger partial charge in [0, 0.05) is 12.3 Å². The predicted octanol–water partition coefficient (Wildman–Crippen LogP) is 2.61. The van der Waals surface area contributed by atoms with Crippen molar-refractivity contribution in [3.8, 4) is 11.4 Å². The molecule has 1 amide bonds. The number of nitrogens with zero attached hydrogens (tertiary/aromatic N) is 2. The van der Waals surface area contributed by atoms with E-state index in [-0.39, 0.29) is 29.4 Å². The molecule has 1 aliphatic rings. The van der Waals surface area contributed by atoms with Gasteiger partial charge < -0.3 is 10.1 Å². The van der Waals surface area contributed by atoms with E-state index in [0.717, 1.165) is 0 Å². The van der Waals surface area contributed by atoms with Crippen LogP contribution in [0.4, 0.5) is 10.1 Å². The molecule has 1 aromatic heterocycles. The summed E-state index contributed by atoms with van der Waals surface area (Å²) in [5, 5.41) is 9.18. The van der Waals surface area contributed by atoms with Crippen LogP contribution in [0, 0.1) is 17.7 Å². The van der Waals surface area contributed by atoms with Crippen molar-refractivity contribution >= 4 is 11.6 Å². The quantitative estimate of drug-likeness (QED) is 0.908. The monoisotopic (exact) mass is 318 g/mol. The number of ether oxygens (including phenoxy) is 1. The minimum absolute atomic E-state index is 0.0795. The summed E-state index contributed by atoms with van der Waals surface area (Å²) in [6.07, 6.45) is 1.93. The molecule has 0 unspecified atom stereocenters. The van der Waals surface area contributed by atoms with Gasteiger partial charge in [-0.2, -0.15) is 5.10 Å². The van der Waals surface area contributed by atoms with E-state index >= 15 is 0 Å². The number of hydrogen-bond acceptors (Lipinski definition) is 4. The summed E-state index contributed by atoms with van der Waals surface area (Å²) in [5.41, 5.74) is 0.792. The van der Waals surface area contributed by atoms with E-state index in [1.165, 1.54) is 18.5 Å². The van der Waals surface area contributed by atoms with Gasteiger partial charge in [0.15, 0.2) is 5.82 Å². The largest absolute Gasteiger partial charge is 0.377 e. The number of benzene rings is 1. The Hall–Kier alpha value is -2.28. The first-order chi connectivity index (χ1) is 11.1. The zero-order valence-corrected chi connectivity index (χ0v) is 13.0. The summed E-state index contributed by atoms with van der Waals surface area (Å²) < 4.78 is 19.6. The Kier molecular flexibility index (Phi) is 4.38. The Morgan fingerprint density at radius 3 is 3.00 bits per heavy atom. The molecule has 1 aliphatic heterocycles. The van der Waals surface area contributed by atoms with Gasteiger partial charge in [-0.25, -0.2) is 9.37 Å². The molecule has 122 valence electrons. The van der Waals surface area contributed by atoms with Crippen LogP contribution in [0.1, 0.15) is 20.3 Å². The first kappa shape index (κ1) is 15.6. The summed E-state index contributed by atoms with van der Waals surface area (Å²) >= 11 is 0. The summed E-state index contributed by atoms with van der Waals surface area (Å²) in [5.74, 6) is -0.122. The average molecular weight is 318 g/mol. The lowest BCUT2D eigenvalue weighted by Gasteiger charge is -2.21. The van der Waals surface area contributed by atoms with Gasteiger partial charge in [0.1, 0.15) is 12.1 Å². The van der Waals surface area contributed by atoms with Crippen LogP contribution in [0.3, 0.4) is 0 Å². The maximum Gasteiger partial charge on any atom is 0.230 e. The van der Waals surface area contributed by atoms with E-state index in [0.29, 0.717) is 24.5 Å². The molecule has 6 nitrogen and oxygen atoms in total. The molecular weight excluding hydrogens is 299 g/mol. The third-order valence-corrected chi connectivity index (χ3v) is 4.03. The zero-order chi connectivity index (χ0) is 16.4. The Morgan fingerprint density at radius 1 is 1.48 bits per heavy atom. The molecule has 0 bridgehead atoms. The molecule has 7 heteroatoms. The number of aromatic amines is 1. The molecular formula is C16H19FN4O2. The molecule has 23 heavy (non-hydrogen) atoms. The van der Waals surface area contributed by atoms with Gasteiger partial charge in [0.05, 0.1) is 17.6 Å². The van der Waals surface area contributed by atoms with Crippen molar-refractivity contribution < 1.29 is 13.9 Å². The first-order valence-corrected chi connectivity index (χ1v) is 7.64. The molecule has 3 rings (SSSR count). The first-order valence-electron chi connectivity index (χ1n) is 7.64. The molecule has 1 fully saturated rings. The van der Waals surface area contributed by atoms with Crippen molar-refractivity contribution in [2.45, 2.75) is 26.4 Å². The fourth-order valence-corrected chi connectivity index (χ4v) is 2.90. The molecule has 0 aliphatic carbocycles. The van der Waals surface area contributed by atoms with Crippen LogP contribution in [0.15, 0.2) is 24.5 Å². The lowest BCUT2D eigenvalue weighted by atomic mass is 9.92. The Balaban J connectivity index is 1.78. The molecule has 2 aromatic rings. The van der Waals surface area contributed by atoms with E-state index < -0.39 is 5.82 Å². The zero-order valence-electron chi connectivity index (χ0n) is 13.0. The summed E-state index contributed by atoms with van der Waals surface area (Å²) in [4.78, 5) is 16.4. The van der Waals surface area contributed by atoms with Crippen molar-refractivity contribution in [1.29, 1.82) is 0 Å². The van der Waals surface area contributed by atoms with Crippen molar-refractivity contribution in [1.82, 2.24) is 15.2 Å². The highest BCUT2D eigenvalue weighted by Gasteiger charge is 2.36. The maximum absolute atomic E-state index is 13.9. The smallest absolute Gasteiger partial charge is 0.230 e. The number of carbonyl (C=O) groups is 1. The van der Waals surface area contributed by atoms with Crippen LogP contribution in [-0.4, -0.2) is 33.8 Å². The summed E-state index contributed by atoms with van der Waals surface area (Å²) in [6, 6.07) is 4.39. The van der Waals surface area contributed by atoms with E-state index in [9.17, 15) is 9.18 Å². The predicted molar refractivity (Wildman–Crippen MR) is 83.1 cm³/mol. The van der Waals surface area contributed by atoms with Gasteiger partial charge in [-0.1, -0.05) is 13.8 Å². The summed E-state index contributed by atoms with van der Waals surface area (Å²) in [7, 11) is 0. The number of anilines is 1. The normalized spacial score (nSPS) is 20.9. The van der Waals surface area contributed by atoms with Gasteiger partial charge in [-0.3, -0.25) is 9.89 Å². The molecule has 1 aromatic carbocycles. The van der Waals surface area contributed by atoms with Crippen molar-refractivity contribution in [3.05, 3.63) is 30.3 Å². The molecule has 0 saturated carbocycles. The number of carbonyl (C=O) groups excluding carboxylic acids is 1. The minimum atomic E-state index is -0.427. The van der Waals surface area contributed by atoms with Crippen molar-refractivity contribution in [2.24, 2.45) is 11.8 Å². The minimum Gasteiger partial charge on any atom is -0.377 e. The van der Waals surface area contributed by atoms with Crippen LogP contribution in [0.2, 0.25) is 0 Å². The van der Waals surface area contributed by atoms with Crippen LogP contribution in [-0.2, 0) is 9.53 Å². The third-order valence-electron chi connectivity index (χ3n) is 4.03. The standard InChI is InChI=1S/C16H19FN4O2/c1-9(2)14-11(5-6-23-14)16(22)20-10-3-4-13(17)12(7-10)15-18-8-19-21-15/h3-4,7-9,11,14H,5-6H2,1-2H3,(H,20,22)(H,18,19,21)/t11-,14+/m1/s1. The number of halogens is 1. The second-order valence-corrected chi connectivity index (χ2v) is 5.99. The van der Waals surface area contributed by atoms with Gasteiger partial charge in [-0.15, -0.1) is 0 Å².